The van der Waals surface area contributed by atoms with E-state index in [1.165, 1.54) is 28.5 Å². The third-order valence-corrected chi connectivity index (χ3v) is 5.19. The maximum atomic E-state index is 11.5. The van der Waals surface area contributed by atoms with E-state index < -0.39 is 0 Å². The first-order chi connectivity index (χ1) is 10.7. The monoisotopic (exact) mass is 294 g/mol. The van der Waals surface area contributed by atoms with Gasteiger partial charge in [0.2, 0.25) is 0 Å². The number of carbonyl (C=O) groups excluding carboxylic acids is 1. The Labute approximate surface area is 131 Å². The molecule has 114 valence electrons. The Hall–Kier alpha value is -1.87. The van der Waals surface area contributed by atoms with Crippen LogP contribution in [-0.2, 0) is 6.42 Å². The number of benzene rings is 1. The zero-order valence-corrected chi connectivity index (χ0v) is 13.2. The van der Waals surface area contributed by atoms with Crippen molar-refractivity contribution in [1.29, 1.82) is 0 Å². The summed E-state index contributed by atoms with van der Waals surface area (Å²) >= 11 is 0. The number of aromatic nitrogens is 1. The summed E-state index contributed by atoms with van der Waals surface area (Å²) in [6.07, 6.45) is 5.57. The minimum atomic E-state index is 0.451. The van der Waals surface area contributed by atoms with Gasteiger partial charge >= 0.3 is 0 Å². The molecule has 1 N–H and O–H groups in total. The van der Waals surface area contributed by atoms with Crippen LogP contribution in [0.4, 0.5) is 0 Å². The number of H-pyrrole nitrogens is 1. The number of fused-ring (bicyclic) bond motifs is 2. The normalized spacial score (nSPS) is 24.2. The molecule has 0 saturated carbocycles. The average molecular weight is 294 g/mol. The van der Waals surface area contributed by atoms with Crippen LogP contribution in [0.5, 0.6) is 0 Å². The molecule has 4 rings (SSSR count). The van der Waals surface area contributed by atoms with Gasteiger partial charge in [0.1, 0.15) is 0 Å². The molecular weight excluding hydrogens is 272 g/mol. The number of rotatable bonds is 3. The van der Waals surface area contributed by atoms with Crippen molar-refractivity contribution >= 4 is 17.2 Å². The number of nitrogens with zero attached hydrogens (tertiary/aromatic N) is 1. The van der Waals surface area contributed by atoms with E-state index >= 15 is 0 Å². The SMILES string of the molecule is CCCN1CC(C)=C[C@@H]2c3cccc4[nH]c(C=O)c(c34)C[C@H]21. The smallest absolute Gasteiger partial charge is 0.166 e. The van der Waals surface area contributed by atoms with Crippen molar-refractivity contribution in [2.24, 2.45) is 0 Å². The van der Waals surface area contributed by atoms with Gasteiger partial charge in [-0.1, -0.05) is 30.7 Å². The van der Waals surface area contributed by atoms with Crippen molar-refractivity contribution < 1.29 is 4.79 Å². The van der Waals surface area contributed by atoms with Gasteiger partial charge in [-0.15, -0.1) is 0 Å². The van der Waals surface area contributed by atoms with Gasteiger partial charge in [-0.2, -0.15) is 0 Å². The lowest BCUT2D eigenvalue weighted by Crippen LogP contribution is -2.46. The van der Waals surface area contributed by atoms with Crippen molar-refractivity contribution in [3.8, 4) is 0 Å². The van der Waals surface area contributed by atoms with E-state index in [0.29, 0.717) is 12.0 Å². The van der Waals surface area contributed by atoms with Gasteiger partial charge in [-0.25, -0.2) is 0 Å². The van der Waals surface area contributed by atoms with Crippen LogP contribution < -0.4 is 0 Å². The van der Waals surface area contributed by atoms with E-state index in [2.05, 4.69) is 48.0 Å². The highest BCUT2D eigenvalue weighted by Crippen LogP contribution is 2.43. The number of carbonyl (C=O) groups is 1. The lowest BCUT2D eigenvalue weighted by Gasteiger charge is -2.42. The molecule has 0 fully saturated rings. The Morgan fingerprint density at radius 2 is 2.27 bits per heavy atom. The first-order valence-electron chi connectivity index (χ1n) is 8.23. The summed E-state index contributed by atoms with van der Waals surface area (Å²) in [6, 6.07) is 6.91. The molecule has 3 heteroatoms. The molecule has 0 spiro atoms. The average Bonchev–Trinajstić information content (AvgIpc) is 2.88. The lowest BCUT2D eigenvalue weighted by atomic mass is 9.76. The number of aldehydes is 1. The number of hydrogen-bond donors (Lipinski definition) is 1. The Morgan fingerprint density at radius 1 is 1.41 bits per heavy atom. The first kappa shape index (κ1) is 13.8. The van der Waals surface area contributed by atoms with Crippen LogP contribution in [-0.4, -0.2) is 35.3 Å². The van der Waals surface area contributed by atoms with Gasteiger partial charge in [0.25, 0.3) is 0 Å². The molecule has 2 atom stereocenters. The quantitative estimate of drug-likeness (QED) is 0.692. The van der Waals surface area contributed by atoms with E-state index in [1.54, 1.807) is 0 Å². The van der Waals surface area contributed by atoms with Gasteiger partial charge in [0.05, 0.1) is 5.69 Å². The fraction of sp³-hybridized carbons (Fsp3) is 0.421. The molecule has 2 heterocycles. The Kier molecular flexibility index (Phi) is 3.19. The minimum Gasteiger partial charge on any atom is -0.352 e. The predicted octanol–water partition coefficient (Wildman–Crippen LogP) is 3.66. The lowest BCUT2D eigenvalue weighted by molar-refractivity contribution is 0.111. The second-order valence-corrected chi connectivity index (χ2v) is 6.69. The molecule has 0 amide bonds. The van der Waals surface area contributed by atoms with Crippen LogP contribution >= 0.6 is 0 Å². The van der Waals surface area contributed by atoms with E-state index in [0.717, 1.165) is 37.0 Å². The summed E-state index contributed by atoms with van der Waals surface area (Å²) in [4.78, 5) is 17.4. The molecule has 1 aliphatic heterocycles. The highest BCUT2D eigenvalue weighted by Gasteiger charge is 2.37. The molecule has 0 radical (unpaired) electrons. The van der Waals surface area contributed by atoms with Gasteiger partial charge < -0.3 is 4.98 Å². The molecule has 0 unspecified atom stereocenters. The molecule has 1 aromatic carbocycles. The summed E-state index contributed by atoms with van der Waals surface area (Å²) in [7, 11) is 0. The minimum absolute atomic E-state index is 0.451. The molecular formula is C19H22N2O. The van der Waals surface area contributed by atoms with Gasteiger partial charge in [-0.05, 0) is 43.5 Å². The van der Waals surface area contributed by atoms with Crippen molar-refractivity contribution in [3.63, 3.8) is 0 Å². The summed E-state index contributed by atoms with van der Waals surface area (Å²) in [5.41, 5.74) is 5.93. The van der Waals surface area contributed by atoms with Crippen LogP contribution in [0.15, 0.2) is 29.8 Å². The summed E-state index contributed by atoms with van der Waals surface area (Å²) < 4.78 is 0. The van der Waals surface area contributed by atoms with Crippen LogP contribution in [0.2, 0.25) is 0 Å². The third-order valence-electron chi connectivity index (χ3n) is 5.19. The highest BCUT2D eigenvalue weighted by molar-refractivity contribution is 5.95. The van der Waals surface area contributed by atoms with E-state index in [9.17, 15) is 4.79 Å². The molecule has 1 aliphatic carbocycles. The summed E-state index contributed by atoms with van der Waals surface area (Å²) in [6.45, 7) is 6.66. The molecule has 2 aromatic rings. The summed E-state index contributed by atoms with van der Waals surface area (Å²) in [5, 5.41) is 1.29. The van der Waals surface area contributed by atoms with Crippen LogP contribution in [0, 0.1) is 0 Å². The van der Waals surface area contributed by atoms with Crippen molar-refractivity contribution in [1.82, 2.24) is 9.88 Å². The third kappa shape index (κ3) is 1.88. The molecule has 0 bridgehead atoms. The number of aromatic amines is 1. The Morgan fingerprint density at radius 3 is 3.05 bits per heavy atom. The molecule has 3 nitrogen and oxygen atoms in total. The molecule has 1 aromatic heterocycles. The molecule has 2 aliphatic rings. The van der Waals surface area contributed by atoms with Crippen LogP contribution in [0.25, 0.3) is 10.9 Å². The summed E-state index contributed by atoms with van der Waals surface area (Å²) in [5.74, 6) is 0.451. The van der Waals surface area contributed by atoms with Gasteiger partial charge in [0.15, 0.2) is 6.29 Å². The maximum Gasteiger partial charge on any atom is 0.166 e. The van der Waals surface area contributed by atoms with Crippen molar-refractivity contribution in [3.05, 3.63) is 46.7 Å². The van der Waals surface area contributed by atoms with E-state index in [-0.39, 0.29) is 0 Å². The standard InChI is InChI=1S/C19H22N2O/c1-3-7-21-10-12(2)8-14-13-5-4-6-16-19(13)15(9-18(14)21)17(11-22)20-16/h4-6,8,11,14,18,20H,3,7,9-10H2,1-2H3/t14-,18-/m1/s1. The predicted molar refractivity (Wildman–Crippen MR) is 89.5 cm³/mol. The second kappa shape index (κ2) is 5.10. The Balaban J connectivity index is 1.92. The first-order valence-corrected chi connectivity index (χ1v) is 8.23. The van der Waals surface area contributed by atoms with E-state index in [1.807, 2.05) is 0 Å². The zero-order valence-electron chi connectivity index (χ0n) is 13.2. The van der Waals surface area contributed by atoms with Gasteiger partial charge in [0, 0.05) is 29.4 Å². The largest absolute Gasteiger partial charge is 0.352 e. The van der Waals surface area contributed by atoms with Crippen LogP contribution in [0.3, 0.4) is 0 Å². The fourth-order valence-corrected chi connectivity index (χ4v) is 4.39. The number of nitrogens with one attached hydrogen (secondary N) is 1. The number of hydrogen-bond acceptors (Lipinski definition) is 2. The Bertz CT molecular complexity index is 771. The maximum absolute atomic E-state index is 11.5. The van der Waals surface area contributed by atoms with Crippen molar-refractivity contribution in [2.45, 2.75) is 38.6 Å². The topological polar surface area (TPSA) is 36.1 Å². The fourth-order valence-electron chi connectivity index (χ4n) is 4.39. The van der Waals surface area contributed by atoms with E-state index in [4.69, 9.17) is 0 Å². The molecule has 22 heavy (non-hydrogen) atoms. The van der Waals surface area contributed by atoms with Gasteiger partial charge in [-0.3, -0.25) is 9.69 Å². The zero-order chi connectivity index (χ0) is 15.3. The van der Waals surface area contributed by atoms with Crippen LogP contribution in [0.1, 0.15) is 47.8 Å². The van der Waals surface area contributed by atoms with Crippen molar-refractivity contribution in [2.75, 3.05) is 13.1 Å². The second-order valence-electron chi connectivity index (χ2n) is 6.69. The molecule has 0 saturated heterocycles. The highest BCUT2D eigenvalue weighted by atomic mass is 16.1.